The lowest BCUT2D eigenvalue weighted by Gasteiger charge is -2.27. The molecule has 168 valence electrons. The van der Waals surface area contributed by atoms with Crippen LogP contribution in [0.4, 0.5) is 0 Å². The van der Waals surface area contributed by atoms with Gasteiger partial charge in [0.15, 0.2) is 12.0 Å². The summed E-state index contributed by atoms with van der Waals surface area (Å²) in [5.74, 6) is -0.681. The number of nitrogens with two attached hydrogens (primary N) is 1. The molecule has 3 rings (SSSR count). The van der Waals surface area contributed by atoms with Gasteiger partial charge >= 0.3 is 0 Å². The molecule has 1 fully saturated rings. The van der Waals surface area contributed by atoms with Crippen LogP contribution in [0.5, 0.6) is 0 Å². The van der Waals surface area contributed by atoms with Crippen LogP contribution in [0, 0.1) is 0 Å². The van der Waals surface area contributed by atoms with E-state index in [1.165, 1.54) is 13.1 Å². The van der Waals surface area contributed by atoms with Crippen molar-refractivity contribution in [3.05, 3.63) is 52.3 Å². The van der Waals surface area contributed by atoms with Crippen LogP contribution in [-0.4, -0.2) is 60.7 Å². The summed E-state index contributed by atoms with van der Waals surface area (Å²) in [5.41, 5.74) is 7.06. The molecule has 9 nitrogen and oxygen atoms in total. The topological polar surface area (TPSA) is 121 Å². The van der Waals surface area contributed by atoms with E-state index in [1.54, 1.807) is 10.7 Å². The summed E-state index contributed by atoms with van der Waals surface area (Å²) in [6.07, 6.45) is 1.02. The van der Waals surface area contributed by atoms with Gasteiger partial charge in [0.05, 0.1) is 25.3 Å². The van der Waals surface area contributed by atoms with Gasteiger partial charge in [0.25, 0.3) is 11.8 Å². The molecular weight excluding hydrogens is 422 g/mol. The van der Waals surface area contributed by atoms with Crippen molar-refractivity contribution in [2.45, 2.75) is 38.1 Å². The number of nitrogens with one attached hydrogen (secondary N) is 2. The van der Waals surface area contributed by atoms with E-state index >= 15 is 0 Å². The van der Waals surface area contributed by atoms with E-state index in [2.05, 4.69) is 15.7 Å². The van der Waals surface area contributed by atoms with Gasteiger partial charge in [-0.15, -0.1) is 0 Å². The lowest BCUT2D eigenvalue weighted by molar-refractivity contribution is -0.188. The minimum atomic E-state index is -0.365. The number of rotatable bonds is 8. The largest absolute Gasteiger partial charge is 0.354 e. The van der Waals surface area contributed by atoms with E-state index in [4.69, 9.17) is 26.8 Å². The second-order valence-electron chi connectivity index (χ2n) is 7.42. The lowest BCUT2D eigenvalue weighted by Crippen LogP contribution is -2.41. The first kappa shape index (κ1) is 23.2. The molecule has 0 saturated carbocycles. The Morgan fingerprint density at radius 1 is 1.29 bits per heavy atom. The molecule has 0 bridgehead atoms. The van der Waals surface area contributed by atoms with E-state index in [9.17, 15) is 9.59 Å². The molecule has 1 saturated heterocycles. The molecule has 31 heavy (non-hydrogen) atoms. The van der Waals surface area contributed by atoms with Crippen LogP contribution >= 0.6 is 11.6 Å². The molecule has 0 radical (unpaired) electrons. The highest BCUT2D eigenvalue weighted by Crippen LogP contribution is 2.23. The summed E-state index contributed by atoms with van der Waals surface area (Å²) >= 11 is 6.11. The summed E-state index contributed by atoms with van der Waals surface area (Å²) in [6, 6.07) is 8.42. The number of benzene rings is 1. The first-order valence-electron chi connectivity index (χ1n) is 10.2. The van der Waals surface area contributed by atoms with Gasteiger partial charge in [0.1, 0.15) is 5.69 Å². The molecule has 1 aliphatic rings. The maximum atomic E-state index is 12.9. The van der Waals surface area contributed by atoms with Gasteiger partial charge in [-0.1, -0.05) is 23.7 Å². The third-order valence-electron chi connectivity index (χ3n) is 5.02. The number of halogens is 1. The average molecular weight is 450 g/mol. The summed E-state index contributed by atoms with van der Waals surface area (Å²) in [5, 5.41) is 10.4. The molecule has 2 amide bonds. The first-order valence-corrected chi connectivity index (χ1v) is 10.6. The Morgan fingerprint density at radius 2 is 2.03 bits per heavy atom. The van der Waals surface area contributed by atoms with Crippen molar-refractivity contribution in [2.24, 2.45) is 5.73 Å². The van der Waals surface area contributed by atoms with Gasteiger partial charge < -0.3 is 25.8 Å². The fraction of sp³-hybridized carbons (Fsp3) is 0.476. The van der Waals surface area contributed by atoms with Gasteiger partial charge in [-0.2, -0.15) is 5.10 Å². The Labute approximate surface area is 186 Å². The molecule has 10 heteroatoms. The second kappa shape index (κ2) is 10.7. The van der Waals surface area contributed by atoms with Crippen LogP contribution in [0.3, 0.4) is 0 Å². The molecule has 0 unspecified atom stereocenters. The van der Waals surface area contributed by atoms with Crippen LogP contribution in [-0.2, 0) is 9.47 Å². The predicted molar refractivity (Wildman–Crippen MR) is 116 cm³/mol. The zero-order valence-electron chi connectivity index (χ0n) is 17.6. The monoisotopic (exact) mass is 449 g/mol. The number of hydrogen-bond donors (Lipinski definition) is 3. The lowest BCUT2D eigenvalue weighted by atomic mass is 10.1. The number of carbonyl (C=O) groups excluding carboxylic acids is 2. The Balaban J connectivity index is 1.67. The summed E-state index contributed by atoms with van der Waals surface area (Å²) < 4.78 is 12.5. The van der Waals surface area contributed by atoms with Crippen molar-refractivity contribution >= 4 is 23.4 Å². The molecular formula is C21H28ClN5O4. The minimum Gasteiger partial charge on any atom is -0.354 e. The van der Waals surface area contributed by atoms with Gasteiger partial charge in [0, 0.05) is 31.1 Å². The molecule has 1 aromatic carbocycles. The van der Waals surface area contributed by atoms with Gasteiger partial charge in [-0.25, -0.2) is 0 Å². The van der Waals surface area contributed by atoms with Crippen LogP contribution in [0.15, 0.2) is 30.3 Å². The molecule has 1 aliphatic heterocycles. The van der Waals surface area contributed by atoms with E-state index in [0.717, 1.165) is 5.56 Å². The highest BCUT2D eigenvalue weighted by molar-refractivity contribution is 6.30. The molecule has 1 atom stereocenters. The van der Waals surface area contributed by atoms with Crippen molar-refractivity contribution < 1.29 is 19.1 Å². The van der Waals surface area contributed by atoms with Crippen molar-refractivity contribution in [3.63, 3.8) is 0 Å². The summed E-state index contributed by atoms with van der Waals surface area (Å²) in [4.78, 5) is 25.0. The van der Waals surface area contributed by atoms with E-state index in [-0.39, 0.29) is 35.9 Å². The molecule has 1 aromatic heterocycles. The quantitative estimate of drug-likeness (QED) is 0.528. The highest BCUT2D eigenvalue weighted by atomic mass is 35.5. The van der Waals surface area contributed by atoms with E-state index < -0.39 is 0 Å². The fourth-order valence-corrected chi connectivity index (χ4v) is 3.49. The summed E-state index contributed by atoms with van der Waals surface area (Å²) in [7, 11) is 1.52. The summed E-state index contributed by atoms with van der Waals surface area (Å²) in [6.45, 7) is 3.27. The number of carbonyl (C=O) groups is 2. The van der Waals surface area contributed by atoms with Crippen LogP contribution in [0.25, 0.3) is 0 Å². The Kier molecular flexibility index (Phi) is 8.03. The second-order valence-corrected chi connectivity index (χ2v) is 7.86. The molecule has 0 aliphatic carbocycles. The van der Waals surface area contributed by atoms with E-state index in [0.29, 0.717) is 43.3 Å². The third kappa shape index (κ3) is 6.04. The first-order chi connectivity index (χ1) is 14.9. The molecule has 2 heterocycles. The van der Waals surface area contributed by atoms with Crippen molar-refractivity contribution in [1.82, 2.24) is 20.4 Å². The molecule has 4 N–H and O–H groups in total. The van der Waals surface area contributed by atoms with Gasteiger partial charge in [0.2, 0.25) is 0 Å². The number of nitrogens with zero attached hydrogens (tertiary/aromatic N) is 2. The van der Waals surface area contributed by atoms with Gasteiger partial charge in [-0.05, 0) is 31.0 Å². The Morgan fingerprint density at radius 3 is 2.71 bits per heavy atom. The average Bonchev–Trinajstić information content (AvgIpc) is 3.22. The van der Waals surface area contributed by atoms with Crippen molar-refractivity contribution in [2.75, 3.05) is 26.8 Å². The Hall–Kier alpha value is -2.46. The van der Waals surface area contributed by atoms with E-state index in [1.807, 2.05) is 25.1 Å². The third-order valence-corrected chi connectivity index (χ3v) is 5.26. The maximum Gasteiger partial charge on any atom is 0.271 e. The van der Waals surface area contributed by atoms with Gasteiger partial charge in [-0.3, -0.25) is 14.3 Å². The smallest absolute Gasteiger partial charge is 0.271 e. The minimum absolute atomic E-state index is 0.0905. The Bertz CT molecular complexity index is 911. The fourth-order valence-electron chi connectivity index (χ4n) is 3.29. The predicted octanol–water partition coefficient (Wildman–Crippen LogP) is 1.72. The highest BCUT2D eigenvalue weighted by Gasteiger charge is 2.23. The van der Waals surface area contributed by atoms with Crippen LogP contribution < -0.4 is 16.4 Å². The standard InChI is InChI=1S/C21H28ClN5O4/c1-13(14-5-3-6-15(22)9-14)27-18(10-17(26-27)20(28)24-2)21(29)25-8-4-7-19-30-11-16(23)12-31-19/h3,5-6,9-10,13,16,19H,4,7-8,11-12,23H2,1-2H3,(H,24,28)(H,25,29)/t13-,16?,19?/m0/s1. The van der Waals surface area contributed by atoms with Crippen LogP contribution in [0.1, 0.15) is 52.3 Å². The van der Waals surface area contributed by atoms with Crippen LogP contribution in [0.2, 0.25) is 5.02 Å². The molecule has 2 aromatic rings. The van der Waals surface area contributed by atoms with Crippen molar-refractivity contribution in [3.8, 4) is 0 Å². The molecule has 0 spiro atoms. The SMILES string of the molecule is CNC(=O)c1cc(C(=O)NCCCC2OCC(N)CO2)n([C@@H](C)c2cccc(Cl)c2)n1. The normalized spacial score (nSPS) is 19.6. The maximum absolute atomic E-state index is 12.9. The number of aromatic nitrogens is 2. The number of ether oxygens (including phenoxy) is 2. The number of amides is 2. The zero-order chi connectivity index (χ0) is 22.4. The number of hydrogen-bond acceptors (Lipinski definition) is 6. The van der Waals surface area contributed by atoms with Crippen molar-refractivity contribution in [1.29, 1.82) is 0 Å². The zero-order valence-corrected chi connectivity index (χ0v) is 18.4.